The van der Waals surface area contributed by atoms with E-state index in [0.717, 1.165) is 38.1 Å². The number of rotatable bonds is 2. The van der Waals surface area contributed by atoms with E-state index >= 15 is 0 Å². The van der Waals surface area contributed by atoms with Crippen molar-refractivity contribution < 1.29 is 14.3 Å². The predicted molar refractivity (Wildman–Crippen MR) is 75.4 cm³/mol. The lowest BCUT2D eigenvalue weighted by molar-refractivity contribution is 0.0930. The molecule has 0 spiro atoms. The van der Waals surface area contributed by atoms with Crippen molar-refractivity contribution in [1.82, 2.24) is 10.6 Å². The van der Waals surface area contributed by atoms with Crippen LogP contribution in [0.25, 0.3) is 0 Å². The maximum absolute atomic E-state index is 12.2. The molecule has 0 aliphatic carbocycles. The fourth-order valence-corrected chi connectivity index (χ4v) is 2.55. The van der Waals surface area contributed by atoms with E-state index in [1.807, 2.05) is 6.07 Å². The van der Waals surface area contributed by atoms with Crippen LogP contribution in [0.4, 0.5) is 0 Å². The minimum atomic E-state index is -0.0469. The smallest absolute Gasteiger partial charge is 0.251 e. The summed E-state index contributed by atoms with van der Waals surface area (Å²) in [6.45, 7) is 3.17. The number of hydrogen-bond donors (Lipinski definition) is 2. The molecule has 108 valence electrons. The zero-order valence-corrected chi connectivity index (χ0v) is 11.5. The number of ether oxygens (including phenoxy) is 2. The van der Waals surface area contributed by atoms with Gasteiger partial charge in [-0.15, -0.1) is 0 Å². The molecule has 1 atom stereocenters. The van der Waals surface area contributed by atoms with Gasteiger partial charge in [0.2, 0.25) is 0 Å². The largest absolute Gasteiger partial charge is 0.490 e. The molecule has 2 aliphatic rings. The van der Waals surface area contributed by atoms with Crippen LogP contribution < -0.4 is 20.1 Å². The second kappa shape index (κ2) is 6.13. The number of carbonyl (C=O) groups is 1. The van der Waals surface area contributed by atoms with E-state index in [-0.39, 0.29) is 11.9 Å². The molecule has 5 nitrogen and oxygen atoms in total. The van der Waals surface area contributed by atoms with E-state index in [1.165, 1.54) is 0 Å². The Morgan fingerprint density at radius 3 is 2.85 bits per heavy atom. The molecule has 0 bridgehead atoms. The quantitative estimate of drug-likeness (QED) is 0.855. The van der Waals surface area contributed by atoms with Crippen molar-refractivity contribution in [3.8, 4) is 11.5 Å². The lowest BCUT2D eigenvalue weighted by Gasteiger charge is -2.23. The van der Waals surface area contributed by atoms with Crippen molar-refractivity contribution in [1.29, 1.82) is 0 Å². The molecule has 1 aromatic carbocycles. The number of carbonyl (C=O) groups excluding carboxylic acids is 1. The first kappa shape index (κ1) is 13.2. The van der Waals surface area contributed by atoms with Gasteiger partial charge in [0.05, 0.1) is 13.2 Å². The second-order valence-corrected chi connectivity index (χ2v) is 5.23. The molecule has 2 aliphatic heterocycles. The van der Waals surface area contributed by atoms with Crippen molar-refractivity contribution in [2.75, 3.05) is 26.3 Å². The van der Waals surface area contributed by atoms with Gasteiger partial charge in [-0.2, -0.15) is 0 Å². The Balaban J connectivity index is 1.69. The molecule has 1 fully saturated rings. The Morgan fingerprint density at radius 1 is 1.20 bits per heavy atom. The number of amides is 1. The van der Waals surface area contributed by atoms with E-state index in [9.17, 15) is 4.79 Å². The average Bonchev–Trinajstić information content (AvgIpc) is 2.72. The first-order chi connectivity index (χ1) is 9.83. The summed E-state index contributed by atoms with van der Waals surface area (Å²) < 4.78 is 11.2. The van der Waals surface area contributed by atoms with E-state index in [2.05, 4.69) is 10.6 Å². The van der Waals surface area contributed by atoms with Crippen LogP contribution in [-0.2, 0) is 0 Å². The zero-order valence-electron chi connectivity index (χ0n) is 11.5. The molecule has 1 amide bonds. The molecule has 1 aromatic rings. The van der Waals surface area contributed by atoms with Crippen LogP contribution in [0, 0.1) is 0 Å². The fourth-order valence-electron chi connectivity index (χ4n) is 2.55. The molecule has 2 N–H and O–H groups in total. The van der Waals surface area contributed by atoms with Crippen LogP contribution in [0.3, 0.4) is 0 Å². The van der Waals surface area contributed by atoms with Crippen molar-refractivity contribution in [2.24, 2.45) is 0 Å². The molecular weight excluding hydrogens is 256 g/mol. The highest BCUT2D eigenvalue weighted by Crippen LogP contribution is 2.30. The monoisotopic (exact) mass is 276 g/mol. The number of fused-ring (bicyclic) bond motifs is 1. The van der Waals surface area contributed by atoms with Gasteiger partial charge in [-0.25, -0.2) is 0 Å². The van der Waals surface area contributed by atoms with Crippen LogP contribution in [0.1, 0.15) is 29.6 Å². The maximum Gasteiger partial charge on any atom is 0.251 e. The van der Waals surface area contributed by atoms with Gasteiger partial charge in [0.15, 0.2) is 11.5 Å². The van der Waals surface area contributed by atoms with E-state index in [4.69, 9.17) is 9.47 Å². The molecular formula is C15H20N2O3. The maximum atomic E-state index is 12.2. The standard InChI is InChI=1S/C15H20N2O3/c18-15(17-12-3-1-6-16-10-12)11-4-5-13-14(9-11)20-8-2-7-19-13/h4-5,9,12,16H,1-3,6-8,10H2,(H,17,18). The second-order valence-electron chi connectivity index (χ2n) is 5.23. The van der Waals surface area contributed by atoms with Gasteiger partial charge in [0, 0.05) is 24.6 Å². The molecule has 0 saturated carbocycles. The Kier molecular flexibility index (Phi) is 4.06. The molecule has 20 heavy (non-hydrogen) atoms. The number of benzene rings is 1. The summed E-state index contributed by atoms with van der Waals surface area (Å²) in [6, 6.07) is 5.59. The Morgan fingerprint density at radius 2 is 2.05 bits per heavy atom. The minimum absolute atomic E-state index is 0.0469. The van der Waals surface area contributed by atoms with Gasteiger partial charge in [0.1, 0.15) is 0 Å². The molecule has 0 aromatic heterocycles. The van der Waals surface area contributed by atoms with Crippen molar-refractivity contribution in [2.45, 2.75) is 25.3 Å². The molecule has 5 heteroatoms. The van der Waals surface area contributed by atoms with Crippen LogP contribution >= 0.6 is 0 Å². The summed E-state index contributed by atoms with van der Waals surface area (Å²) in [6.07, 6.45) is 3.00. The average molecular weight is 276 g/mol. The first-order valence-corrected chi connectivity index (χ1v) is 7.24. The Hall–Kier alpha value is -1.75. The van der Waals surface area contributed by atoms with Gasteiger partial charge < -0.3 is 20.1 Å². The van der Waals surface area contributed by atoms with Gasteiger partial charge in [-0.1, -0.05) is 0 Å². The van der Waals surface area contributed by atoms with E-state index in [0.29, 0.717) is 24.5 Å². The van der Waals surface area contributed by atoms with Crippen molar-refractivity contribution >= 4 is 5.91 Å². The number of piperidine rings is 1. The highest BCUT2D eigenvalue weighted by atomic mass is 16.5. The molecule has 3 rings (SSSR count). The summed E-state index contributed by atoms with van der Waals surface area (Å²) >= 11 is 0. The summed E-state index contributed by atoms with van der Waals surface area (Å²) in [4.78, 5) is 12.2. The SMILES string of the molecule is O=C(NC1CCCNC1)c1ccc2c(c1)OCCCO2. The van der Waals surface area contributed by atoms with Gasteiger partial charge >= 0.3 is 0 Å². The Bertz CT molecular complexity index is 484. The third kappa shape index (κ3) is 3.04. The van der Waals surface area contributed by atoms with Crippen LogP contribution in [0.5, 0.6) is 11.5 Å². The summed E-state index contributed by atoms with van der Waals surface area (Å²) in [5, 5.41) is 6.35. The predicted octanol–water partition coefficient (Wildman–Crippen LogP) is 1.33. The summed E-state index contributed by atoms with van der Waals surface area (Å²) in [5.74, 6) is 1.34. The number of hydrogen-bond acceptors (Lipinski definition) is 4. The summed E-state index contributed by atoms with van der Waals surface area (Å²) in [5.41, 5.74) is 0.625. The van der Waals surface area contributed by atoms with Crippen LogP contribution in [-0.4, -0.2) is 38.3 Å². The molecule has 1 saturated heterocycles. The highest BCUT2D eigenvalue weighted by Gasteiger charge is 2.18. The fraction of sp³-hybridized carbons (Fsp3) is 0.533. The molecule has 0 radical (unpaired) electrons. The van der Waals surface area contributed by atoms with Gasteiger partial charge in [0.25, 0.3) is 5.91 Å². The highest BCUT2D eigenvalue weighted by molar-refractivity contribution is 5.95. The Labute approximate surface area is 118 Å². The first-order valence-electron chi connectivity index (χ1n) is 7.24. The normalized spacial score (nSPS) is 21.9. The molecule has 1 unspecified atom stereocenters. The summed E-state index contributed by atoms with van der Waals surface area (Å²) in [7, 11) is 0. The molecule has 2 heterocycles. The van der Waals surface area contributed by atoms with Crippen LogP contribution in [0.15, 0.2) is 18.2 Å². The lowest BCUT2D eigenvalue weighted by Crippen LogP contribution is -2.45. The lowest BCUT2D eigenvalue weighted by atomic mass is 10.1. The van der Waals surface area contributed by atoms with Crippen LogP contribution in [0.2, 0.25) is 0 Å². The van der Waals surface area contributed by atoms with Crippen molar-refractivity contribution in [3.63, 3.8) is 0 Å². The van der Waals surface area contributed by atoms with E-state index < -0.39 is 0 Å². The van der Waals surface area contributed by atoms with E-state index in [1.54, 1.807) is 12.1 Å². The van der Waals surface area contributed by atoms with Gasteiger partial charge in [-0.3, -0.25) is 4.79 Å². The van der Waals surface area contributed by atoms with Gasteiger partial charge in [-0.05, 0) is 37.6 Å². The zero-order chi connectivity index (χ0) is 13.8. The number of nitrogens with one attached hydrogen (secondary N) is 2. The third-order valence-corrected chi connectivity index (χ3v) is 3.64. The third-order valence-electron chi connectivity index (χ3n) is 3.64. The van der Waals surface area contributed by atoms with Crippen molar-refractivity contribution in [3.05, 3.63) is 23.8 Å². The minimum Gasteiger partial charge on any atom is -0.490 e. The topological polar surface area (TPSA) is 59.6 Å².